The fourth-order valence-corrected chi connectivity index (χ4v) is 5.36. The minimum atomic E-state index is -3.39. The lowest BCUT2D eigenvalue weighted by atomic mass is 10.1. The highest BCUT2D eigenvalue weighted by atomic mass is 32.2. The molecule has 1 aromatic heterocycles. The van der Waals surface area contributed by atoms with E-state index in [-0.39, 0.29) is 18.3 Å². The molecule has 0 fully saturated rings. The van der Waals surface area contributed by atoms with Crippen LogP contribution in [0.3, 0.4) is 0 Å². The normalized spacial score (nSPS) is 19.0. The van der Waals surface area contributed by atoms with E-state index in [1.807, 2.05) is 12.1 Å². The van der Waals surface area contributed by atoms with Crippen LogP contribution in [-0.4, -0.2) is 31.9 Å². The third-order valence-corrected chi connectivity index (χ3v) is 7.23. The molecule has 2 N–H and O–H groups in total. The molecule has 0 unspecified atom stereocenters. The summed E-state index contributed by atoms with van der Waals surface area (Å²) in [4.78, 5) is 0. The summed E-state index contributed by atoms with van der Waals surface area (Å²) >= 11 is 1.19. The molecular formula is C16H19NO3S2. The molecule has 0 spiro atoms. The highest BCUT2D eigenvalue weighted by Gasteiger charge is 2.24. The molecule has 0 amide bonds. The zero-order chi connectivity index (χ0) is 15.6. The predicted molar refractivity (Wildman–Crippen MR) is 87.9 cm³/mol. The summed E-state index contributed by atoms with van der Waals surface area (Å²) in [5, 5.41) is 15.1. The van der Waals surface area contributed by atoms with Crippen molar-refractivity contribution in [3.05, 3.63) is 52.9 Å². The van der Waals surface area contributed by atoms with Gasteiger partial charge in [0, 0.05) is 12.6 Å². The van der Waals surface area contributed by atoms with Crippen molar-refractivity contribution in [1.29, 1.82) is 0 Å². The van der Waals surface area contributed by atoms with Gasteiger partial charge in [-0.05, 0) is 35.4 Å². The molecule has 22 heavy (non-hydrogen) atoms. The smallest absolute Gasteiger partial charge is 0.190 e. The van der Waals surface area contributed by atoms with Crippen molar-refractivity contribution in [2.75, 3.05) is 12.3 Å². The third kappa shape index (κ3) is 3.41. The number of benzene rings is 1. The number of aryl methyl sites for hydroxylation is 1. The van der Waals surface area contributed by atoms with E-state index >= 15 is 0 Å². The Kier molecular flexibility index (Phi) is 4.63. The van der Waals surface area contributed by atoms with Crippen LogP contribution in [0.1, 0.15) is 23.6 Å². The van der Waals surface area contributed by atoms with Gasteiger partial charge in [-0.1, -0.05) is 30.3 Å². The minimum absolute atomic E-state index is 0.204. The Balaban J connectivity index is 1.57. The first-order valence-electron chi connectivity index (χ1n) is 7.32. The summed E-state index contributed by atoms with van der Waals surface area (Å²) in [6.45, 7) is 0.281. The quantitative estimate of drug-likeness (QED) is 0.848. The fourth-order valence-electron chi connectivity index (χ4n) is 2.88. The first kappa shape index (κ1) is 15.7. The number of rotatable bonds is 6. The van der Waals surface area contributed by atoms with E-state index in [9.17, 15) is 13.5 Å². The average molecular weight is 337 g/mol. The molecule has 0 saturated carbocycles. The SMILES string of the molecule is O=S(=O)(C[C@@H](O)CN[C@H]1CCc2ccccc21)c1cccs1. The third-order valence-electron chi connectivity index (χ3n) is 3.95. The van der Waals surface area contributed by atoms with Gasteiger partial charge in [-0.25, -0.2) is 8.42 Å². The summed E-state index contributed by atoms with van der Waals surface area (Å²) in [6, 6.07) is 11.7. The van der Waals surface area contributed by atoms with Crippen LogP contribution < -0.4 is 5.32 Å². The van der Waals surface area contributed by atoms with Crippen molar-refractivity contribution in [2.24, 2.45) is 0 Å². The molecule has 0 bridgehead atoms. The van der Waals surface area contributed by atoms with E-state index in [0.717, 1.165) is 12.8 Å². The Morgan fingerprint density at radius 2 is 2.09 bits per heavy atom. The summed E-state index contributed by atoms with van der Waals surface area (Å²) in [6.07, 6.45) is 1.11. The fraction of sp³-hybridized carbons (Fsp3) is 0.375. The maximum atomic E-state index is 12.1. The maximum absolute atomic E-state index is 12.1. The molecule has 1 aromatic carbocycles. The van der Waals surface area contributed by atoms with Gasteiger partial charge in [0.25, 0.3) is 0 Å². The van der Waals surface area contributed by atoms with Crippen LogP contribution >= 0.6 is 11.3 Å². The van der Waals surface area contributed by atoms with E-state index < -0.39 is 15.9 Å². The Morgan fingerprint density at radius 3 is 2.86 bits per heavy atom. The van der Waals surface area contributed by atoms with E-state index in [2.05, 4.69) is 17.4 Å². The van der Waals surface area contributed by atoms with Gasteiger partial charge in [0.05, 0.1) is 11.9 Å². The molecule has 118 valence electrons. The zero-order valence-corrected chi connectivity index (χ0v) is 13.7. The maximum Gasteiger partial charge on any atom is 0.190 e. The number of aliphatic hydroxyl groups is 1. The van der Waals surface area contributed by atoms with Crippen LogP contribution in [0, 0.1) is 0 Å². The molecule has 1 aliphatic carbocycles. The second-order valence-electron chi connectivity index (χ2n) is 5.57. The number of hydrogen-bond donors (Lipinski definition) is 2. The highest BCUT2D eigenvalue weighted by molar-refractivity contribution is 7.93. The van der Waals surface area contributed by atoms with Gasteiger partial charge in [0.2, 0.25) is 0 Å². The largest absolute Gasteiger partial charge is 0.391 e. The summed E-state index contributed by atoms with van der Waals surface area (Å²) < 4.78 is 24.6. The first-order chi connectivity index (χ1) is 10.6. The molecule has 2 aromatic rings. The van der Waals surface area contributed by atoms with Crippen LogP contribution in [0.4, 0.5) is 0 Å². The first-order valence-corrected chi connectivity index (χ1v) is 9.85. The zero-order valence-electron chi connectivity index (χ0n) is 12.1. The molecule has 1 heterocycles. The van der Waals surface area contributed by atoms with Gasteiger partial charge in [0.1, 0.15) is 4.21 Å². The second kappa shape index (κ2) is 6.50. The number of sulfone groups is 1. The van der Waals surface area contributed by atoms with Crippen LogP contribution in [0.5, 0.6) is 0 Å². The molecule has 3 rings (SSSR count). The van der Waals surface area contributed by atoms with E-state index in [4.69, 9.17) is 0 Å². The number of nitrogens with one attached hydrogen (secondary N) is 1. The van der Waals surface area contributed by atoms with Gasteiger partial charge in [-0.2, -0.15) is 0 Å². The molecular weight excluding hydrogens is 318 g/mol. The standard InChI is InChI=1S/C16H19NO3S2/c18-13(11-22(19,20)16-6-3-9-21-16)10-17-15-8-7-12-4-1-2-5-14(12)15/h1-6,9,13,15,17-18H,7-8,10-11H2/t13-,15-/m0/s1. The predicted octanol–water partition coefficient (Wildman–Crippen LogP) is 2.16. The lowest BCUT2D eigenvalue weighted by Gasteiger charge is -2.17. The van der Waals surface area contributed by atoms with Crippen molar-refractivity contribution in [1.82, 2.24) is 5.32 Å². The van der Waals surface area contributed by atoms with Gasteiger partial charge in [-0.3, -0.25) is 0 Å². The monoisotopic (exact) mass is 337 g/mol. The molecule has 1 aliphatic rings. The van der Waals surface area contributed by atoms with Crippen molar-refractivity contribution in [2.45, 2.75) is 29.2 Å². The molecule has 2 atom stereocenters. The van der Waals surface area contributed by atoms with Crippen molar-refractivity contribution in [3.8, 4) is 0 Å². The lowest BCUT2D eigenvalue weighted by molar-refractivity contribution is 0.188. The molecule has 4 nitrogen and oxygen atoms in total. The summed E-state index contributed by atoms with van der Waals surface area (Å²) in [5.41, 5.74) is 2.59. The second-order valence-corrected chi connectivity index (χ2v) is 8.77. The summed E-state index contributed by atoms with van der Waals surface area (Å²) in [5.74, 6) is -0.241. The van der Waals surface area contributed by atoms with Gasteiger partial charge in [0.15, 0.2) is 9.84 Å². The molecule has 0 radical (unpaired) electrons. The van der Waals surface area contributed by atoms with Crippen LogP contribution in [0.15, 0.2) is 46.0 Å². The lowest BCUT2D eigenvalue weighted by Crippen LogP contribution is -2.34. The van der Waals surface area contributed by atoms with Crippen molar-refractivity contribution >= 4 is 21.2 Å². The number of aliphatic hydroxyl groups excluding tert-OH is 1. The Hall–Kier alpha value is -1.21. The van der Waals surface area contributed by atoms with Crippen LogP contribution in [-0.2, 0) is 16.3 Å². The van der Waals surface area contributed by atoms with E-state index in [1.165, 1.54) is 22.5 Å². The van der Waals surface area contributed by atoms with E-state index in [0.29, 0.717) is 4.21 Å². The molecule has 0 aliphatic heterocycles. The van der Waals surface area contributed by atoms with Crippen LogP contribution in [0.2, 0.25) is 0 Å². The highest BCUT2D eigenvalue weighted by Crippen LogP contribution is 2.30. The number of hydrogen-bond acceptors (Lipinski definition) is 5. The number of fused-ring (bicyclic) bond motifs is 1. The topological polar surface area (TPSA) is 66.4 Å². The number of thiophene rings is 1. The molecule has 6 heteroatoms. The Morgan fingerprint density at radius 1 is 1.27 bits per heavy atom. The average Bonchev–Trinajstić information content (AvgIpc) is 3.15. The van der Waals surface area contributed by atoms with Crippen LogP contribution in [0.25, 0.3) is 0 Å². The Labute approximate surface area is 134 Å². The van der Waals surface area contributed by atoms with Gasteiger partial charge < -0.3 is 10.4 Å². The molecule has 0 saturated heterocycles. The van der Waals surface area contributed by atoms with E-state index in [1.54, 1.807) is 17.5 Å². The van der Waals surface area contributed by atoms with Gasteiger partial charge >= 0.3 is 0 Å². The Bertz CT molecular complexity index is 726. The minimum Gasteiger partial charge on any atom is -0.391 e. The van der Waals surface area contributed by atoms with Crippen molar-refractivity contribution in [3.63, 3.8) is 0 Å². The summed E-state index contributed by atoms with van der Waals surface area (Å²) in [7, 11) is -3.39. The van der Waals surface area contributed by atoms with Gasteiger partial charge in [-0.15, -0.1) is 11.3 Å². The van der Waals surface area contributed by atoms with Crippen molar-refractivity contribution < 1.29 is 13.5 Å².